The van der Waals surface area contributed by atoms with Crippen molar-refractivity contribution < 1.29 is 24.0 Å². The maximum atomic E-state index is 14.8. The standard InChI is InChI=1S/C57H75N11O5/c1-37(2)67-36-59-47-33-46(61-54(53(47)67)60-42-14-15-42)40-12-11-39-9-7-24-65(25-8-10-51(70)68(48(39)30-40)44-31-43(32-44)63-22-5-4-6-23-63)56(73)57(3)20-27-64(28-21-57)52(71)29-38-19-26-66(35-38)49-17-13-41(34-58-49)45-16-18-50(69)62-55(45)72/h11-13,17,30,33-34,36-38,42-45H,4-10,14-16,18-29,31-32,35H2,1-3H3,(H,60,61)(H,62,69,72)/t38-,43-,44+,45?/m1/s1. The summed E-state index contributed by atoms with van der Waals surface area (Å²) in [5.41, 5.74) is 6.12. The molecule has 4 aromatic rings. The molecule has 3 aromatic heterocycles. The number of aryl methyl sites for hydroxylation is 1. The molecule has 2 saturated carbocycles. The molecule has 0 spiro atoms. The fourth-order valence-corrected chi connectivity index (χ4v) is 12.7. The second-order valence-electron chi connectivity index (χ2n) is 23.1. The van der Waals surface area contributed by atoms with E-state index in [0.29, 0.717) is 83.2 Å². The van der Waals surface area contributed by atoms with Crippen LogP contribution in [0.25, 0.3) is 22.3 Å². The number of fused-ring (bicyclic) bond motifs is 2. The van der Waals surface area contributed by atoms with E-state index >= 15 is 0 Å². The Balaban J connectivity index is 0.749. The van der Waals surface area contributed by atoms with E-state index in [9.17, 15) is 24.0 Å². The molecule has 16 heteroatoms. The Bertz CT molecular complexity index is 2710. The van der Waals surface area contributed by atoms with Crippen molar-refractivity contribution >= 4 is 57.9 Å². The van der Waals surface area contributed by atoms with E-state index in [1.165, 1.54) is 19.3 Å². The number of carbonyl (C=O) groups is 5. The van der Waals surface area contributed by atoms with Crippen molar-refractivity contribution in [3.63, 3.8) is 0 Å². The highest BCUT2D eigenvalue weighted by molar-refractivity contribution is 6.01. The Morgan fingerprint density at radius 1 is 0.808 bits per heavy atom. The van der Waals surface area contributed by atoms with Crippen LogP contribution < -0.4 is 20.4 Å². The molecule has 4 saturated heterocycles. The molecule has 7 aliphatic rings. The van der Waals surface area contributed by atoms with Gasteiger partial charge in [0.05, 0.1) is 23.5 Å². The lowest BCUT2D eigenvalue weighted by atomic mass is 9.78. The van der Waals surface area contributed by atoms with Gasteiger partial charge < -0.3 is 34.4 Å². The Kier molecular flexibility index (Phi) is 14.0. The lowest BCUT2D eigenvalue weighted by molar-refractivity contribution is -0.147. The van der Waals surface area contributed by atoms with Crippen LogP contribution in [-0.4, -0.2) is 134 Å². The molecule has 0 radical (unpaired) electrons. The molecular formula is C57H75N11O5. The Hall–Kier alpha value is -5.90. The number of imide groups is 1. The summed E-state index contributed by atoms with van der Waals surface area (Å²) in [6.07, 6.45) is 17.6. The van der Waals surface area contributed by atoms with Crippen LogP contribution in [0.3, 0.4) is 0 Å². The first kappa shape index (κ1) is 49.3. The van der Waals surface area contributed by atoms with Gasteiger partial charge in [0, 0.05) is 106 Å². The first-order chi connectivity index (χ1) is 35.4. The van der Waals surface area contributed by atoms with Gasteiger partial charge in [0.15, 0.2) is 5.82 Å². The zero-order chi connectivity index (χ0) is 50.4. The third-order valence-corrected chi connectivity index (χ3v) is 17.5. The van der Waals surface area contributed by atoms with Gasteiger partial charge in [-0.05, 0) is 146 Å². The topological polar surface area (TPSA) is 169 Å². The number of nitrogens with zero attached hydrogens (tertiary/aromatic N) is 9. The Morgan fingerprint density at radius 3 is 2.32 bits per heavy atom. The third kappa shape index (κ3) is 10.5. The average Bonchev–Trinajstić information content (AvgIpc) is 3.89. The number of hydrogen-bond donors (Lipinski definition) is 2. The minimum absolute atomic E-state index is 0.124. The second kappa shape index (κ2) is 20.8. The number of piperidine rings is 3. The molecular weight excluding hydrogens is 919 g/mol. The molecule has 8 heterocycles. The quantitative estimate of drug-likeness (QED) is 0.142. The van der Waals surface area contributed by atoms with Crippen LogP contribution in [0.2, 0.25) is 0 Å². The van der Waals surface area contributed by atoms with Crippen LogP contribution in [0.5, 0.6) is 0 Å². The van der Waals surface area contributed by atoms with Crippen LogP contribution in [0.15, 0.2) is 48.9 Å². The van der Waals surface area contributed by atoms with Crippen molar-refractivity contribution in [3.8, 4) is 11.3 Å². The number of carbonyl (C=O) groups excluding carboxylic acids is 5. The zero-order valence-electron chi connectivity index (χ0n) is 43.3. The molecule has 1 aromatic carbocycles. The monoisotopic (exact) mass is 994 g/mol. The van der Waals surface area contributed by atoms with E-state index in [1.807, 2.05) is 28.3 Å². The van der Waals surface area contributed by atoms with Gasteiger partial charge >= 0.3 is 0 Å². The van der Waals surface area contributed by atoms with E-state index < -0.39 is 5.41 Å². The fourth-order valence-electron chi connectivity index (χ4n) is 12.7. The van der Waals surface area contributed by atoms with Crippen molar-refractivity contribution in [2.75, 3.05) is 67.5 Å². The van der Waals surface area contributed by atoms with Crippen molar-refractivity contribution in [2.45, 2.75) is 160 Å². The summed E-state index contributed by atoms with van der Waals surface area (Å²) < 4.78 is 2.20. The largest absolute Gasteiger partial charge is 0.366 e. The smallest absolute Gasteiger partial charge is 0.234 e. The normalized spacial score (nSPS) is 25.3. The number of anilines is 3. The number of imidazole rings is 1. The van der Waals surface area contributed by atoms with Crippen LogP contribution >= 0.6 is 0 Å². The first-order valence-corrected chi connectivity index (χ1v) is 27.8. The van der Waals surface area contributed by atoms with E-state index in [2.05, 4.69) is 79.9 Å². The Morgan fingerprint density at radius 2 is 1.59 bits per heavy atom. The molecule has 16 nitrogen and oxygen atoms in total. The van der Waals surface area contributed by atoms with Gasteiger partial charge in [-0.15, -0.1) is 0 Å². The summed E-state index contributed by atoms with van der Waals surface area (Å²) in [4.78, 5) is 93.2. The van der Waals surface area contributed by atoms with E-state index in [4.69, 9.17) is 9.97 Å². The molecule has 0 bridgehead atoms. The van der Waals surface area contributed by atoms with Crippen LogP contribution in [0, 0.1) is 11.3 Å². The fraction of sp³-hybridized carbons (Fsp3) is 0.614. The van der Waals surface area contributed by atoms with Gasteiger partial charge in [-0.3, -0.25) is 29.3 Å². The number of amides is 5. The zero-order valence-corrected chi connectivity index (χ0v) is 43.3. The van der Waals surface area contributed by atoms with Crippen molar-refractivity contribution in [3.05, 3.63) is 60.0 Å². The summed E-state index contributed by atoms with van der Waals surface area (Å²) in [5.74, 6) is 1.46. The maximum Gasteiger partial charge on any atom is 0.234 e. The van der Waals surface area contributed by atoms with Gasteiger partial charge in [-0.1, -0.05) is 31.5 Å². The van der Waals surface area contributed by atoms with Crippen LogP contribution in [0.4, 0.5) is 17.3 Å². The number of likely N-dealkylation sites (tertiary alicyclic amines) is 2. The van der Waals surface area contributed by atoms with Gasteiger partial charge in [-0.25, -0.2) is 15.0 Å². The Labute approximate surface area is 430 Å². The number of aromatic nitrogens is 4. The summed E-state index contributed by atoms with van der Waals surface area (Å²) in [7, 11) is 0. The highest BCUT2D eigenvalue weighted by atomic mass is 16.2. The van der Waals surface area contributed by atoms with Gasteiger partial charge in [-0.2, -0.15) is 0 Å². The van der Waals surface area contributed by atoms with Crippen molar-refractivity contribution in [2.24, 2.45) is 11.3 Å². The number of rotatable bonds is 11. The van der Waals surface area contributed by atoms with Gasteiger partial charge in [0.1, 0.15) is 11.3 Å². The average molecular weight is 994 g/mol. The highest BCUT2D eigenvalue weighted by Gasteiger charge is 2.43. The lowest BCUT2D eigenvalue weighted by Gasteiger charge is -2.49. The molecule has 73 heavy (non-hydrogen) atoms. The summed E-state index contributed by atoms with van der Waals surface area (Å²) in [5, 5.41) is 6.14. The number of benzene rings is 1. The van der Waals surface area contributed by atoms with Crippen LogP contribution in [0.1, 0.15) is 147 Å². The molecule has 2 N–H and O–H groups in total. The molecule has 388 valence electrons. The maximum absolute atomic E-state index is 14.8. The van der Waals surface area contributed by atoms with Crippen molar-refractivity contribution in [1.82, 2.24) is 39.5 Å². The van der Waals surface area contributed by atoms with E-state index in [0.717, 1.165) is 122 Å². The third-order valence-electron chi connectivity index (χ3n) is 17.5. The number of nitrogens with one attached hydrogen (secondary N) is 2. The molecule has 2 aliphatic carbocycles. The van der Waals surface area contributed by atoms with Crippen molar-refractivity contribution in [1.29, 1.82) is 0 Å². The number of hydrogen-bond acceptors (Lipinski definition) is 11. The predicted octanol–water partition coefficient (Wildman–Crippen LogP) is 7.62. The second-order valence-corrected chi connectivity index (χ2v) is 23.1. The molecule has 5 amide bonds. The minimum atomic E-state index is -0.586. The molecule has 2 atom stereocenters. The van der Waals surface area contributed by atoms with Gasteiger partial charge in [0.25, 0.3) is 0 Å². The molecule has 11 rings (SSSR count). The highest BCUT2D eigenvalue weighted by Crippen LogP contribution is 2.41. The molecule has 5 aliphatic heterocycles. The van der Waals surface area contributed by atoms with E-state index in [-0.39, 0.29) is 53.5 Å². The number of pyridine rings is 2. The minimum Gasteiger partial charge on any atom is -0.366 e. The lowest BCUT2D eigenvalue weighted by Crippen LogP contribution is -2.57. The predicted molar refractivity (Wildman–Crippen MR) is 282 cm³/mol. The first-order valence-electron chi connectivity index (χ1n) is 27.8. The summed E-state index contributed by atoms with van der Waals surface area (Å²) >= 11 is 0. The summed E-state index contributed by atoms with van der Waals surface area (Å²) in [6.45, 7) is 12.5. The SMILES string of the molecule is CC(C)n1cnc2cc(-c3ccc4c(c3)N([C@H]3C[C@@H](N5CCCCC5)C3)C(=O)CCCN(C(=O)C3(C)CCN(C(=O)C[C@H]5CCN(c6ccc(C7CCC(=O)NC7=O)cn6)C5)CC3)CCC4)nc(NC3CC3)c21. The van der Waals surface area contributed by atoms with Crippen LogP contribution in [-0.2, 0) is 30.4 Å². The van der Waals surface area contributed by atoms with Gasteiger partial charge in [0.2, 0.25) is 29.5 Å². The molecule has 1 unspecified atom stereocenters. The summed E-state index contributed by atoms with van der Waals surface area (Å²) in [6, 6.07) is 13.9. The van der Waals surface area contributed by atoms with E-state index in [1.54, 1.807) is 6.20 Å². The molecule has 6 fully saturated rings.